The first-order valence-corrected chi connectivity index (χ1v) is 10.4. The maximum absolute atomic E-state index is 9.84. The number of aliphatic hydroxyl groups excluding tert-OH is 2. The van der Waals surface area contributed by atoms with Gasteiger partial charge in [0, 0.05) is 18.8 Å². The fraction of sp³-hybridized carbons (Fsp3) is 0.571. The SMILES string of the molecule is CCCCOCN(CO)c1nc(-c2ccccc2)nc(N(CO)COCCCC)n1. The van der Waals surface area contributed by atoms with Gasteiger partial charge in [-0.05, 0) is 12.8 Å². The van der Waals surface area contributed by atoms with Crippen molar-refractivity contribution in [3.63, 3.8) is 0 Å². The van der Waals surface area contributed by atoms with Crippen LogP contribution >= 0.6 is 0 Å². The van der Waals surface area contributed by atoms with Gasteiger partial charge in [0.15, 0.2) is 5.82 Å². The predicted molar refractivity (Wildman–Crippen MR) is 116 cm³/mol. The van der Waals surface area contributed by atoms with Crippen molar-refractivity contribution < 1.29 is 19.7 Å². The molecule has 0 aliphatic carbocycles. The van der Waals surface area contributed by atoms with Gasteiger partial charge in [-0.1, -0.05) is 57.0 Å². The van der Waals surface area contributed by atoms with Crippen LogP contribution in [0, 0.1) is 0 Å². The number of benzene rings is 1. The number of hydrogen-bond donors (Lipinski definition) is 2. The van der Waals surface area contributed by atoms with Gasteiger partial charge in [0.25, 0.3) is 0 Å². The molecule has 1 heterocycles. The van der Waals surface area contributed by atoms with Crippen molar-refractivity contribution >= 4 is 11.9 Å². The second-order valence-electron chi connectivity index (χ2n) is 6.77. The summed E-state index contributed by atoms with van der Waals surface area (Å²) in [6, 6.07) is 9.49. The van der Waals surface area contributed by atoms with Crippen molar-refractivity contribution in [3.8, 4) is 11.4 Å². The Morgan fingerprint density at radius 3 is 1.70 bits per heavy atom. The number of aliphatic hydroxyl groups is 2. The quantitative estimate of drug-likeness (QED) is 0.333. The van der Waals surface area contributed by atoms with E-state index in [0.717, 1.165) is 31.2 Å². The average Bonchev–Trinajstić information content (AvgIpc) is 2.79. The van der Waals surface area contributed by atoms with E-state index in [1.165, 1.54) is 9.80 Å². The third kappa shape index (κ3) is 7.49. The lowest BCUT2D eigenvalue weighted by molar-refractivity contribution is 0.112. The molecule has 0 saturated carbocycles. The van der Waals surface area contributed by atoms with Gasteiger partial charge in [-0.15, -0.1) is 0 Å². The Labute approximate surface area is 178 Å². The van der Waals surface area contributed by atoms with Crippen LogP contribution in [-0.2, 0) is 9.47 Å². The highest BCUT2D eigenvalue weighted by atomic mass is 16.5. The standard InChI is InChI=1S/C21H33N5O4/c1-3-5-12-29-16-25(14-27)20-22-19(18-10-8-7-9-11-18)23-21(24-20)26(15-28)17-30-13-6-4-2/h7-11,27-28H,3-6,12-17H2,1-2H3. The van der Waals surface area contributed by atoms with Crippen LogP contribution in [0.4, 0.5) is 11.9 Å². The Kier molecular flexibility index (Phi) is 11.0. The predicted octanol–water partition coefficient (Wildman–Crippen LogP) is 2.60. The number of ether oxygens (including phenoxy) is 2. The summed E-state index contributed by atoms with van der Waals surface area (Å²) in [7, 11) is 0. The fourth-order valence-corrected chi connectivity index (χ4v) is 2.52. The van der Waals surface area contributed by atoms with Crippen molar-refractivity contribution in [1.29, 1.82) is 0 Å². The molecule has 2 aromatic rings. The summed E-state index contributed by atoms with van der Waals surface area (Å²) >= 11 is 0. The Morgan fingerprint density at radius 2 is 1.27 bits per heavy atom. The normalized spacial score (nSPS) is 10.9. The van der Waals surface area contributed by atoms with Crippen LogP contribution in [0.25, 0.3) is 11.4 Å². The first kappa shape index (κ1) is 23.9. The van der Waals surface area contributed by atoms with Gasteiger partial charge in [0.1, 0.15) is 26.9 Å². The van der Waals surface area contributed by atoms with E-state index >= 15 is 0 Å². The van der Waals surface area contributed by atoms with Gasteiger partial charge in [-0.25, -0.2) is 0 Å². The monoisotopic (exact) mass is 419 g/mol. The van der Waals surface area contributed by atoms with E-state index in [2.05, 4.69) is 28.8 Å². The zero-order valence-corrected chi connectivity index (χ0v) is 17.9. The summed E-state index contributed by atoms with van der Waals surface area (Å²) < 4.78 is 11.2. The maximum atomic E-state index is 9.84. The van der Waals surface area contributed by atoms with E-state index in [1.54, 1.807) is 0 Å². The van der Waals surface area contributed by atoms with Gasteiger partial charge >= 0.3 is 0 Å². The fourth-order valence-electron chi connectivity index (χ4n) is 2.52. The molecule has 0 radical (unpaired) electrons. The molecule has 166 valence electrons. The van der Waals surface area contributed by atoms with Gasteiger partial charge < -0.3 is 19.7 Å². The molecule has 0 spiro atoms. The molecule has 30 heavy (non-hydrogen) atoms. The lowest BCUT2D eigenvalue weighted by atomic mass is 10.2. The third-order valence-corrected chi connectivity index (χ3v) is 4.33. The van der Waals surface area contributed by atoms with E-state index in [4.69, 9.17) is 9.47 Å². The van der Waals surface area contributed by atoms with Gasteiger partial charge in [-0.2, -0.15) is 15.0 Å². The molecule has 1 aromatic carbocycles. The van der Waals surface area contributed by atoms with Crippen LogP contribution in [0.2, 0.25) is 0 Å². The summed E-state index contributed by atoms with van der Waals surface area (Å²) in [5.74, 6) is 0.976. The maximum Gasteiger partial charge on any atom is 0.234 e. The zero-order chi connectivity index (χ0) is 21.6. The molecule has 0 aliphatic rings. The Hall–Kier alpha value is -2.33. The van der Waals surface area contributed by atoms with Crippen LogP contribution in [0.1, 0.15) is 39.5 Å². The molecule has 0 fully saturated rings. The molecule has 0 amide bonds. The molecule has 9 heteroatoms. The lowest BCUT2D eigenvalue weighted by Crippen LogP contribution is -2.33. The molecule has 9 nitrogen and oxygen atoms in total. The van der Waals surface area contributed by atoms with Crippen molar-refractivity contribution in [1.82, 2.24) is 15.0 Å². The van der Waals surface area contributed by atoms with E-state index in [1.807, 2.05) is 30.3 Å². The van der Waals surface area contributed by atoms with Crippen molar-refractivity contribution in [2.75, 3.05) is 49.9 Å². The number of unbranched alkanes of at least 4 members (excludes halogenated alkanes) is 2. The summed E-state index contributed by atoms with van der Waals surface area (Å²) in [6.45, 7) is 5.04. The molecule has 1 aromatic heterocycles. The number of nitrogens with zero attached hydrogens (tertiary/aromatic N) is 5. The minimum atomic E-state index is -0.310. The molecule has 0 saturated heterocycles. The first-order chi connectivity index (χ1) is 14.7. The largest absolute Gasteiger partial charge is 0.376 e. The van der Waals surface area contributed by atoms with E-state index < -0.39 is 0 Å². The van der Waals surface area contributed by atoms with Gasteiger partial charge in [0.05, 0.1) is 0 Å². The molecule has 2 N–H and O–H groups in total. The number of rotatable bonds is 15. The summed E-state index contributed by atoms with van der Waals surface area (Å²) in [5.41, 5.74) is 0.803. The van der Waals surface area contributed by atoms with E-state index in [0.29, 0.717) is 19.0 Å². The van der Waals surface area contributed by atoms with Gasteiger partial charge in [0.2, 0.25) is 11.9 Å². The third-order valence-electron chi connectivity index (χ3n) is 4.33. The zero-order valence-electron chi connectivity index (χ0n) is 17.9. The Balaban J connectivity index is 2.29. The number of hydrogen-bond acceptors (Lipinski definition) is 9. The molecular formula is C21H33N5O4. The van der Waals surface area contributed by atoms with Crippen molar-refractivity contribution in [2.45, 2.75) is 39.5 Å². The highest BCUT2D eigenvalue weighted by Crippen LogP contribution is 2.21. The minimum absolute atomic E-state index is 0.153. The van der Waals surface area contributed by atoms with E-state index in [9.17, 15) is 10.2 Å². The average molecular weight is 420 g/mol. The number of anilines is 2. The van der Waals surface area contributed by atoms with Crippen molar-refractivity contribution in [2.24, 2.45) is 0 Å². The van der Waals surface area contributed by atoms with Gasteiger partial charge in [-0.3, -0.25) is 9.80 Å². The lowest BCUT2D eigenvalue weighted by Gasteiger charge is -2.24. The van der Waals surface area contributed by atoms with Crippen LogP contribution in [0.15, 0.2) is 30.3 Å². The molecular weight excluding hydrogens is 386 g/mol. The molecule has 0 unspecified atom stereocenters. The second-order valence-corrected chi connectivity index (χ2v) is 6.77. The first-order valence-electron chi connectivity index (χ1n) is 10.4. The highest BCUT2D eigenvalue weighted by molar-refractivity contribution is 5.58. The van der Waals surface area contributed by atoms with Crippen molar-refractivity contribution in [3.05, 3.63) is 30.3 Å². The highest BCUT2D eigenvalue weighted by Gasteiger charge is 2.18. The summed E-state index contributed by atoms with van der Waals surface area (Å²) in [6.07, 6.45) is 3.92. The molecule has 0 atom stereocenters. The summed E-state index contributed by atoms with van der Waals surface area (Å²) in [4.78, 5) is 16.5. The van der Waals surface area contributed by atoms with Crippen LogP contribution in [0.3, 0.4) is 0 Å². The second kappa shape index (κ2) is 13.8. The summed E-state index contributed by atoms with van der Waals surface area (Å²) in [5, 5.41) is 19.7. The van der Waals surface area contributed by atoms with Crippen LogP contribution < -0.4 is 9.80 Å². The minimum Gasteiger partial charge on any atom is -0.376 e. The smallest absolute Gasteiger partial charge is 0.234 e. The molecule has 0 aliphatic heterocycles. The topological polar surface area (TPSA) is 104 Å². The molecule has 2 rings (SSSR count). The molecule has 0 bridgehead atoms. The van der Waals surface area contributed by atoms with Crippen LogP contribution in [0.5, 0.6) is 0 Å². The Morgan fingerprint density at radius 1 is 0.767 bits per heavy atom. The Bertz CT molecular complexity index is 682. The van der Waals surface area contributed by atoms with E-state index in [-0.39, 0.29) is 38.8 Å². The van der Waals surface area contributed by atoms with Crippen LogP contribution in [-0.4, -0.2) is 65.3 Å². The number of aromatic nitrogens is 3.